The number of halogens is 2. The molecule has 152 valence electrons. The maximum absolute atomic E-state index is 14.0. The molecule has 1 saturated heterocycles. The second kappa shape index (κ2) is 8.14. The third-order valence-corrected chi connectivity index (χ3v) is 7.83. The number of rotatable bonds is 6. The highest BCUT2D eigenvalue weighted by atomic mass is 32.2. The van der Waals surface area contributed by atoms with Gasteiger partial charge in [0, 0.05) is 37.7 Å². The van der Waals surface area contributed by atoms with E-state index in [-0.39, 0.29) is 22.0 Å². The molecule has 0 aliphatic carbocycles. The number of anilines is 2. The van der Waals surface area contributed by atoms with Gasteiger partial charge in [0.25, 0.3) is 10.0 Å². The number of carbonyl (C=O) groups is 1. The first kappa shape index (κ1) is 20.7. The summed E-state index contributed by atoms with van der Waals surface area (Å²) in [5, 5.41) is 2.45. The molecule has 6 nitrogen and oxygen atoms in total. The minimum Gasteiger partial charge on any atom is -0.373 e. The first-order chi connectivity index (χ1) is 13.2. The van der Waals surface area contributed by atoms with E-state index in [4.69, 9.17) is 0 Å². The van der Waals surface area contributed by atoms with E-state index in [0.29, 0.717) is 18.0 Å². The predicted octanol–water partition coefficient (Wildman–Crippen LogP) is 3.06. The zero-order chi connectivity index (χ0) is 20.5. The Morgan fingerprint density at radius 3 is 2.36 bits per heavy atom. The lowest BCUT2D eigenvalue weighted by Gasteiger charge is -2.15. The maximum Gasteiger partial charge on any atom is 0.252 e. The van der Waals surface area contributed by atoms with Crippen molar-refractivity contribution in [1.29, 1.82) is 0 Å². The highest BCUT2D eigenvalue weighted by molar-refractivity contribution is 7.91. The molecular weight excluding hydrogens is 408 g/mol. The molecule has 0 radical (unpaired) electrons. The fraction of sp³-hybridized carbons (Fsp3) is 0.389. The minimum absolute atomic E-state index is 0.00654. The minimum atomic E-state index is -3.52. The number of amides is 1. The van der Waals surface area contributed by atoms with Crippen molar-refractivity contribution in [2.75, 3.05) is 37.4 Å². The lowest BCUT2D eigenvalue weighted by molar-refractivity contribution is -0.115. The average Bonchev–Trinajstić information content (AvgIpc) is 3.25. The largest absolute Gasteiger partial charge is 0.373 e. The summed E-state index contributed by atoms with van der Waals surface area (Å²) in [5.41, 5.74) is -0.180. The Bertz CT molecular complexity index is 961. The lowest BCUT2D eigenvalue weighted by Crippen LogP contribution is -2.27. The fourth-order valence-electron chi connectivity index (χ4n) is 3.08. The first-order valence-corrected chi connectivity index (χ1v) is 11.0. The number of nitrogens with zero attached hydrogens (tertiary/aromatic N) is 2. The van der Waals surface area contributed by atoms with Gasteiger partial charge in [-0.3, -0.25) is 4.79 Å². The van der Waals surface area contributed by atoms with Crippen molar-refractivity contribution in [1.82, 2.24) is 4.31 Å². The number of nitrogens with one attached hydrogen (secondary N) is 1. The van der Waals surface area contributed by atoms with Crippen LogP contribution in [-0.2, 0) is 21.2 Å². The van der Waals surface area contributed by atoms with Crippen LogP contribution in [0.2, 0.25) is 0 Å². The van der Waals surface area contributed by atoms with Crippen LogP contribution < -0.4 is 10.2 Å². The van der Waals surface area contributed by atoms with Gasteiger partial charge in [-0.1, -0.05) is 0 Å². The van der Waals surface area contributed by atoms with Crippen molar-refractivity contribution in [2.45, 2.75) is 23.5 Å². The zero-order valence-corrected chi connectivity index (χ0v) is 17.2. The van der Waals surface area contributed by atoms with E-state index in [1.807, 2.05) is 0 Å². The SMILES string of the molecule is CN(C)c1c(F)cc(NC(=O)Cc2ccc(S(=O)(=O)N3CCCC3)s2)cc1F. The van der Waals surface area contributed by atoms with E-state index in [2.05, 4.69) is 5.32 Å². The molecule has 2 aromatic rings. The number of hydrogen-bond acceptors (Lipinski definition) is 5. The van der Waals surface area contributed by atoms with E-state index < -0.39 is 27.6 Å². The van der Waals surface area contributed by atoms with Gasteiger partial charge < -0.3 is 10.2 Å². The van der Waals surface area contributed by atoms with E-state index in [1.165, 1.54) is 29.4 Å². The van der Waals surface area contributed by atoms with E-state index in [0.717, 1.165) is 36.3 Å². The Kier molecular flexibility index (Phi) is 6.01. The normalized spacial score (nSPS) is 15.0. The van der Waals surface area contributed by atoms with Gasteiger partial charge in [0.1, 0.15) is 9.90 Å². The Balaban J connectivity index is 1.68. The van der Waals surface area contributed by atoms with Crippen LogP contribution in [0, 0.1) is 11.6 Å². The molecule has 0 unspecified atom stereocenters. The van der Waals surface area contributed by atoms with E-state index in [9.17, 15) is 22.0 Å². The molecule has 1 fully saturated rings. The molecule has 2 heterocycles. The first-order valence-electron chi connectivity index (χ1n) is 8.73. The third-order valence-electron chi connectivity index (χ3n) is 4.38. The van der Waals surface area contributed by atoms with Crippen molar-refractivity contribution < 1.29 is 22.0 Å². The summed E-state index contributed by atoms with van der Waals surface area (Å²) in [6.45, 7) is 1.02. The molecule has 3 rings (SSSR count). The van der Waals surface area contributed by atoms with Crippen LogP contribution in [0.4, 0.5) is 20.2 Å². The van der Waals surface area contributed by atoms with E-state index in [1.54, 1.807) is 6.07 Å². The van der Waals surface area contributed by atoms with Gasteiger partial charge in [-0.25, -0.2) is 17.2 Å². The number of carbonyl (C=O) groups excluding carboxylic acids is 1. The highest BCUT2D eigenvalue weighted by Gasteiger charge is 2.28. The van der Waals surface area contributed by atoms with E-state index >= 15 is 0 Å². The third kappa shape index (κ3) is 4.34. The average molecular weight is 430 g/mol. The molecule has 0 atom stereocenters. The summed E-state index contributed by atoms with van der Waals surface area (Å²) >= 11 is 1.03. The summed E-state index contributed by atoms with van der Waals surface area (Å²) in [4.78, 5) is 14.1. The molecular formula is C18H21F2N3O3S2. The molecule has 1 aromatic heterocycles. The van der Waals surface area contributed by atoms with Crippen LogP contribution in [0.3, 0.4) is 0 Å². The maximum atomic E-state index is 14.0. The second-order valence-electron chi connectivity index (χ2n) is 6.74. The molecule has 1 N–H and O–H groups in total. The van der Waals surface area contributed by atoms with Gasteiger partial charge in [0.2, 0.25) is 5.91 Å². The number of sulfonamides is 1. The number of thiophene rings is 1. The van der Waals surface area contributed by atoms with Gasteiger partial charge in [0.15, 0.2) is 11.6 Å². The Morgan fingerprint density at radius 1 is 1.18 bits per heavy atom. The Hall–Kier alpha value is -2.04. The summed E-state index contributed by atoms with van der Waals surface area (Å²) in [7, 11) is -0.484. The van der Waals surface area contributed by atoms with Crippen molar-refractivity contribution in [3.63, 3.8) is 0 Å². The molecule has 1 aromatic carbocycles. The summed E-state index contributed by atoms with van der Waals surface area (Å²) in [6, 6.07) is 5.18. The zero-order valence-electron chi connectivity index (χ0n) is 15.5. The van der Waals surface area contributed by atoms with Gasteiger partial charge in [-0.05, 0) is 37.1 Å². The van der Waals surface area contributed by atoms with Crippen LogP contribution in [0.5, 0.6) is 0 Å². The molecule has 10 heteroatoms. The molecule has 1 aliphatic heterocycles. The van der Waals surface area contributed by atoms with Gasteiger partial charge >= 0.3 is 0 Å². The monoisotopic (exact) mass is 429 g/mol. The molecule has 0 saturated carbocycles. The molecule has 1 amide bonds. The second-order valence-corrected chi connectivity index (χ2v) is 10.1. The van der Waals surface area contributed by atoms with Crippen LogP contribution in [0.15, 0.2) is 28.5 Å². The standard InChI is InChI=1S/C18H21F2N3O3S2/c1-22(2)18-14(19)9-12(10-15(18)20)21-16(24)11-13-5-6-17(27-13)28(25,26)23-7-3-4-8-23/h5-6,9-10H,3-4,7-8,11H2,1-2H3,(H,21,24). The summed E-state index contributed by atoms with van der Waals surface area (Å²) < 4.78 is 54.8. The summed E-state index contributed by atoms with van der Waals surface area (Å²) in [5.74, 6) is -2.05. The fourth-order valence-corrected chi connectivity index (χ4v) is 6.10. The molecule has 1 aliphatic rings. The Labute approximate surface area is 166 Å². The smallest absolute Gasteiger partial charge is 0.252 e. The molecule has 0 spiro atoms. The van der Waals surface area contributed by atoms with Gasteiger partial charge in [-0.2, -0.15) is 4.31 Å². The van der Waals surface area contributed by atoms with Crippen molar-refractivity contribution in [3.8, 4) is 0 Å². The van der Waals surface area contributed by atoms with Crippen molar-refractivity contribution >= 4 is 38.6 Å². The Morgan fingerprint density at radius 2 is 1.79 bits per heavy atom. The van der Waals surface area contributed by atoms with Crippen LogP contribution >= 0.6 is 11.3 Å². The summed E-state index contributed by atoms with van der Waals surface area (Å²) in [6.07, 6.45) is 1.61. The quantitative estimate of drug-likeness (QED) is 0.766. The lowest BCUT2D eigenvalue weighted by atomic mass is 10.2. The molecule has 28 heavy (non-hydrogen) atoms. The van der Waals surface area contributed by atoms with Crippen LogP contribution in [0.25, 0.3) is 0 Å². The predicted molar refractivity (Wildman–Crippen MR) is 105 cm³/mol. The highest BCUT2D eigenvalue weighted by Crippen LogP contribution is 2.28. The number of hydrogen-bond donors (Lipinski definition) is 1. The molecule has 0 bridgehead atoms. The van der Waals surface area contributed by atoms with Crippen LogP contribution in [0.1, 0.15) is 17.7 Å². The number of benzene rings is 1. The van der Waals surface area contributed by atoms with Crippen molar-refractivity contribution in [3.05, 3.63) is 40.8 Å². The topological polar surface area (TPSA) is 69.7 Å². The van der Waals surface area contributed by atoms with Crippen molar-refractivity contribution in [2.24, 2.45) is 0 Å². The van der Waals surface area contributed by atoms with Crippen LogP contribution in [-0.4, -0.2) is 45.8 Å². The van der Waals surface area contributed by atoms with Gasteiger partial charge in [0.05, 0.1) is 6.42 Å². The van der Waals surface area contributed by atoms with Gasteiger partial charge in [-0.15, -0.1) is 11.3 Å².